The van der Waals surface area contributed by atoms with Gasteiger partial charge in [0.25, 0.3) is 5.91 Å². The third-order valence-corrected chi connectivity index (χ3v) is 5.46. The van der Waals surface area contributed by atoms with Crippen molar-refractivity contribution in [3.05, 3.63) is 47.4 Å². The Hall–Kier alpha value is -3.71. The molecule has 0 unspecified atom stereocenters. The summed E-state index contributed by atoms with van der Waals surface area (Å²) in [5.74, 6) is -0.243. The van der Waals surface area contributed by atoms with Gasteiger partial charge in [-0.2, -0.15) is 14.0 Å². The number of nitrogens with one attached hydrogen (secondary N) is 1. The molecule has 2 heterocycles. The van der Waals surface area contributed by atoms with Crippen molar-refractivity contribution >= 4 is 12.0 Å². The summed E-state index contributed by atoms with van der Waals surface area (Å²) in [6.07, 6.45) is 6.92. The quantitative estimate of drug-likeness (QED) is 0.563. The SMILES string of the molecule is C/C=C\C(=C/c1ncc(-c2cc(OC)c(C(=O)N3CC(N)C3)c(OC(F)F)c2)[nH]1)C(C)(C)C#N. The molecule has 0 atom stereocenters. The fourth-order valence-electron chi connectivity index (χ4n) is 3.53. The molecule has 0 saturated carbocycles. The van der Waals surface area contributed by atoms with E-state index in [1.54, 1.807) is 26.0 Å². The van der Waals surface area contributed by atoms with Gasteiger partial charge in [0.05, 0.1) is 30.5 Å². The maximum Gasteiger partial charge on any atom is 0.387 e. The molecule has 0 spiro atoms. The van der Waals surface area contributed by atoms with E-state index in [1.807, 2.05) is 19.1 Å². The van der Waals surface area contributed by atoms with Gasteiger partial charge in [0.15, 0.2) is 0 Å². The van der Waals surface area contributed by atoms with Gasteiger partial charge >= 0.3 is 6.61 Å². The molecule has 1 amide bonds. The molecule has 1 aromatic carbocycles. The van der Waals surface area contributed by atoms with Crippen molar-refractivity contribution in [3.63, 3.8) is 0 Å². The second-order valence-electron chi connectivity index (χ2n) is 8.42. The number of nitrogens with two attached hydrogens (primary N) is 1. The van der Waals surface area contributed by atoms with Gasteiger partial charge in [-0.1, -0.05) is 12.2 Å². The van der Waals surface area contributed by atoms with Crippen LogP contribution < -0.4 is 15.2 Å². The number of ether oxygens (including phenoxy) is 2. The molecule has 3 N–H and O–H groups in total. The monoisotopic (exact) mass is 471 g/mol. The van der Waals surface area contributed by atoms with E-state index in [4.69, 9.17) is 15.2 Å². The first-order chi connectivity index (χ1) is 16.1. The van der Waals surface area contributed by atoms with Crippen LogP contribution in [0.5, 0.6) is 11.5 Å². The number of aromatic nitrogens is 2. The van der Waals surface area contributed by atoms with Gasteiger partial charge in [-0.05, 0) is 44.6 Å². The number of nitriles is 1. The van der Waals surface area contributed by atoms with Gasteiger partial charge in [0.1, 0.15) is 22.9 Å². The molecule has 2 aromatic rings. The van der Waals surface area contributed by atoms with Gasteiger partial charge in [0.2, 0.25) is 0 Å². The molecule has 3 rings (SSSR count). The highest BCUT2D eigenvalue weighted by Gasteiger charge is 2.33. The van der Waals surface area contributed by atoms with Crippen LogP contribution in [0.25, 0.3) is 17.3 Å². The minimum atomic E-state index is -3.14. The normalized spacial score (nSPS) is 14.9. The lowest BCUT2D eigenvalue weighted by atomic mass is 9.85. The van der Waals surface area contributed by atoms with E-state index in [9.17, 15) is 18.8 Å². The van der Waals surface area contributed by atoms with Crippen molar-refractivity contribution in [2.45, 2.75) is 33.4 Å². The van der Waals surface area contributed by atoms with Gasteiger partial charge in [-0.15, -0.1) is 0 Å². The molecule has 34 heavy (non-hydrogen) atoms. The lowest BCUT2D eigenvalue weighted by molar-refractivity contribution is -0.0504. The number of carbonyl (C=O) groups excluding carboxylic acids is 1. The van der Waals surface area contributed by atoms with Gasteiger partial charge < -0.3 is 25.1 Å². The molecule has 180 valence electrons. The number of alkyl halides is 2. The maximum absolute atomic E-state index is 13.2. The van der Waals surface area contributed by atoms with E-state index in [1.165, 1.54) is 24.3 Å². The molecular formula is C24H27F2N5O3. The number of halogens is 2. The molecule has 1 aliphatic heterocycles. The average molecular weight is 472 g/mol. The first-order valence-electron chi connectivity index (χ1n) is 10.6. The topological polar surface area (TPSA) is 117 Å². The lowest BCUT2D eigenvalue weighted by Crippen LogP contribution is -2.57. The molecular weight excluding hydrogens is 444 g/mol. The highest BCUT2D eigenvalue weighted by Crippen LogP contribution is 2.37. The van der Waals surface area contributed by atoms with Crippen molar-refractivity contribution < 1.29 is 23.0 Å². The number of aromatic amines is 1. The molecule has 1 saturated heterocycles. The number of hydrogen-bond donors (Lipinski definition) is 2. The predicted octanol–water partition coefficient (Wildman–Crippen LogP) is 3.98. The summed E-state index contributed by atoms with van der Waals surface area (Å²) < 4.78 is 36.4. The Morgan fingerprint density at radius 2 is 2.06 bits per heavy atom. The van der Waals surface area contributed by atoms with E-state index in [0.29, 0.717) is 30.2 Å². The van der Waals surface area contributed by atoms with Crippen LogP contribution >= 0.6 is 0 Å². The Kier molecular flexibility index (Phi) is 7.37. The summed E-state index contributed by atoms with van der Waals surface area (Å²) in [6.45, 7) is 2.94. The van der Waals surface area contributed by atoms with Crippen LogP contribution in [0.3, 0.4) is 0 Å². The molecule has 1 fully saturated rings. The fourth-order valence-corrected chi connectivity index (χ4v) is 3.53. The van der Waals surface area contributed by atoms with Crippen LogP contribution in [0.4, 0.5) is 8.78 Å². The largest absolute Gasteiger partial charge is 0.496 e. The molecule has 10 heteroatoms. The number of methoxy groups -OCH3 is 1. The van der Waals surface area contributed by atoms with Crippen molar-refractivity contribution in [1.29, 1.82) is 5.26 Å². The summed E-state index contributed by atoms with van der Waals surface area (Å²) in [4.78, 5) is 21.8. The van der Waals surface area contributed by atoms with E-state index < -0.39 is 17.9 Å². The van der Waals surface area contributed by atoms with Crippen LogP contribution in [0.2, 0.25) is 0 Å². The van der Waals surface area contributed by atoms with E-state index in [-0.39, 0.29) is 23.1 Å². The Bertz CT molecular complexity index is 1160. The summed E-state index contributed by atoms with van der Waals surface area (Å²) >= 11 is 0. The zero-order valence-electron chi connectivity index (χ0n) is 19.4. The number of amides is 1. The number of nitrogens with zero attached hydrogens (tertiary/aromatic N) is 3. The first kappa shape index (κ1) is 24.9. The molecule has 0 radical (unpaired) electrons. The summed E-state index contributed by atoms with van der Waals surface area (Å²) in [6, 6.07) is 5.00. The van der Waals surface area contributed by atoms with Crippen LogP contribution in [0.1, 0.15) is 37.0 Å². The second kappa shape index (κ2) is 10.1. The molecule has 0 bridgehead atoms. The number of allylic oxidation sites excluding steroid dienone is 3. The van der Waals surface area contributed by atoms with Gasteiger partial charge in [0, 0.05) is 24.7 Å². The van der Waals surface area contributed by atoms with Gasteiger partial charge in [-0.25, -0.2) is 4.98 Å². The van der Waals surface area contributed by atoms with E-state index in [0.717, 1.165) is 5.57 Å². The zero-order chi connectivity index (χ0) is 25.0. The highest BCUT2D eigenvalue weighted by atomic mass is 19.3. The van der Waals surface area contributed by atoms with Crippen LogP contribution in [0.15, 0.2) is 36.1 Å². The second-order valence-corrected chi connectivity index (χ2v) is 8.42. The number of imidazole rings is 1. The van der Waals surface area contributed by atoms with Crippen molar-refractivity contribution in [1.82, 2.24) is 14.9 Å². The summed E-state index contributed by atoms with van der Waals surface area (Å²) in [5.41, 5.74) is 6.58. The van der Waals surface area contributed by atoms with Crippen molar-refractivity contribution in [2.75, 3.05) is 20.2 Å². The number of carbonyl (C=O) groups is 1. The summed E-state index contributed by atoms with van der Waals surface area (Å²) in [5, 5.41) is 9.48. The third kappa shape index (κ3) is 5.26. The Morgan fingerprint density at radius 3 is 2.62 bits per heavy atom. The first-order valence-corrected chi connectivity index (χ1v) is 10.6. The third-order valence-electron chi connectivity index (χ3n) is 5.46. The molecule has 1 aromatic heterocycles. The van der Waals surface area contributed by atoms with Crippen LogP contribution in [0, 0.1) is 16.7 Å². The fraction of sp³-hybridized carbons (Fsp3) is 0.375. The van der Waals surface area contributed by atoms with Crippen LogP contribution in [-0.2, 0) is 0 Å². The molecule has 8 nitrogen and oxygen atoms in total. The number of likely N-dealkylation sites (tertiary alicyclic amines) is 1. The standard InChI is InChI=1S/C24H27F2N5O3/c1-5-6-15(24(2,3)13-27)9-20-29-10-17(30-20)14-7-18(33-4)21(19(8-14)34-23(25)26)22(32)31-11-16(28)12-31/h5-10,16,23H,11-12,28H2,1-4H3,(H,29,30)/b6-5-,15-9+. The Morgan fingerprint density at radius 1 is 1.38 bits per heavy atom. The van der Waals surface area contributed by atoms with Crippen LogP contribution in [-0.4, -0.2) is 53.6 Å². The van der Waals surface area contributed by atoms with Crippen molar-refractivity contribution in [3.8, 4) is 28.8 Å². The van der Waals surface area contributed by atoms with Gasteiger partial charge in [-0.3, -0.25) is 4.79 Å². The minimum absolute atomic E-state index is 0.0885. The molecule has 0 aliphatic carbocycles. The predicted molar refractivity (Wildman–Crippen MR) is 123 cm³/mol. The number of benzene rings is 1. The average Bonchev–Trinajstić information content (AvgIpc) is 3.24. The van der Waals surface area contributed by atoms with E-state index in [2.05, 4.69) is 16.0 Å². The lowest BCUT2D eigenvalue weighted by Gasteiger charge is -2.37. The highest BCUT2D eigenvalue weighted by molar-refractivity contribution is 6.01. The maximum atomic E-state index is 13.2. The number of rotatable bonds is 8. The smallest absolute Gasteiger partial charge is 0.387 e. The Balaban J connectivity index is 2.04. The number of H-pyrrole nitrogens is 1. The van der Waals surface area contributed by atoms with E-state index >= 15 is 0 Å². The molecule has 1 aliphatic rings. The minimum Gasteiger partial charge on any atom is -0.496 e. The van der Waals surface area contributed by atoms with Crippen molar-refractivity contribution in [2.24, 2.45) is 11.1 Å². The summed E-state index contributed by atoms with van der Waals surface area (Å²) in [7, 11) is 1.35. The Labute approximate surface area is 196 Å². The number of hydrogen-bond acceptors (Lipinski definition) is 6. The zero-order valence-corrected chi connectivity index (χ0v) is 19.4.